The van der Waals surface area contributed by atoms with Gasteiger partial charge in [-0.3, -0.25) is 0 Å². The quantitative estimate of drug-likeness (QED) is 0.832. The van der Waals surface area contributed by atoms with Gasteiger partial charge in [0, 0.05) is 31.2 Å². The minimum atomic E-state index is -3.45. The van der Waals surface area contributed by atoms with Gasteiger partial charge in [-0.25, -0.2) is 12.8 Å². The molecule has 4 nitrogen and oxygen atoms in total. The second-order valence-corrected chi connectivity index (χ2v) is 8.06. The summed E-state index contributed by atoms with van der Waals surface area (Å²) in [6, 6.07) is 13.5. The van der Waals surface area contributed by atoms with E-state index in [4.69, 9.17) is 11.6 Å². The number of anilines is 1. The SMILES string of the molecule is O=S(=O)(Cc1ccccc1Cl)N1CCN(c2ccccc2F)CC1. The highest BCUT2D eigenvalue weighted by Crippen LogP contribution is 2.23. The molecule has 1 saturated heterocycles. The van der Waals surface area contributed by atoms with E-state index in [9.17, 15) is 12.8 Å². The van der Waals surface area contributed by atoms with E-state index in [0.717, 1.165) is 0 Å². The molecule has 1 aliphatic rings. The summed E-state index contributed by atoms with van der Waals surface area (Å²) in [5.74, 6) is -0.406. The molecule has 0 bridgehead atoms. The number of rotatable bonds is 4. The van der Waals surface area contributed by atoms with Crippen LogP contribution in [-0.2, 0) is 15.8 Å². The lowest BCUT2D eigenvalue weighted by Crippen LogP contribution is -2.49. The van der Waals surface area contributed by atoms with Crippen LogP contribution >= 0.6 is 11.6 Å². The fraction of sp³-hybridized carbons (Fsp3) is 0.294. The first kappa shape index (κ1) is 17.2. The summed E-state index contributed by atoms with van der Waals surface area (Å²) < 4.78 is 40.5. The van der Waals surface area contributed by atoms with E-state index in [1.807, 2.05) is 4.90 Å². The van der Waals surface area contributed by atoms with Gasteiger partial charge in [0.25, 0.3) is 0 Å². The Hall–Kier alpha value is -1.63. The fourth-order valence-corrected chi connectivity index (χ4v) is 4.65. The lowest BCUT2D eigenvalue weighted by Gasteiger charge is -2.35. The van der Waals surface area contributed by atoms with Gasteiger partial charge >= 0.3 is 0 Å². The molecule has 0 unspecified atom stereocenters. The molecule has 0 aliphatic carbocycles. The second kappa shape index (κ2) is 7.09. The molecule has 0 saturated carbocycles. The van der Waals surface area contributed by atoms with Crippen molar-refractivity contribution in [2.75, 3.05) is 31.1 Å². The summed E-state index contributed by atoms with van der Waals surface area (Å²) in [6.07, 6.45) is 0. The molecule has 1 fully saturated rings. The second-order valence-electron chi connectivity index (χ2n) is 5.69. The molecule has 24 heavy (non-hydrogen) atoms. The number of benzene rings is 2. The highest BCUT2D eigenvalue weighted by molar-refractivity contribution is 7.88. The third-order valence-electron chi connectivity index (χ3n) is 4.12. The maximum absolute atomic E-state index is 13.8. The molecular formula is C17H18ClFN2O2S. The lowest BCUT2D eigenvalue weighted by molar-refractivity contribution is 0.382. The summed E-state index contributed by atoms with van der Waals surface area (Å²) in [4.78, 5) is 1.87. The van der Waals surface area contributed by atoms with Gasteiger partial charge in [-0.15, -0.1) is 0 Å². The van der Waals surface area contributed by atoms with Crippen LogP contribution in [0.3, 0.4) is 0 Å². The molecule has 0 radical (unpaired) electrons. The van der Waals surface area contributed by atoms with Gasteiger partial charge in [-0.2, -0.15) is 4.31 Å². The zero-order valence-electron chi connectivity index (χ0n) is 13.0. The van der Waals surface area contributed by atoms with E-state index in [-0.39, 0.29) is 11.6 Å². The van der Waals surface area contributed by atoms with Crippen molar-refractivity contribution >= 4 is 27.3 Å². The minimum Gasteiger partial charge on any atom is -0.367 e. The van der Waals surface area contributed by atoms with E-state index >= 15 is 0 Å². The molecule has 128 valence electrons. The monoisotopic (exact) mass is 368 g/mol. The molecule has 1 aliphatic heterocycles. The molecule has 2 aromatic carbocycles. The smallest absolute Gasteiger partial charge is 0.218 e. The summed E-state index contributed by atoms with van der Waals surface area (Å²) in [5, 5.41) is 0.450. The summed E-state index contributed by atoms with van der Waals surface area (Å²) in [5.41, 5.74) is 1.11. The fourth-order valence-electron chi connectivity index (χ4n) is 2.82. The molecule has 2 aromatic rings. The number of nitrogens with zero attached hydrogens (tertiary/aromatic N) is 2. The van der Waals surface area contributed by atoms with Crippen molar-refractivity contribution in [2.24, 2.45) is 0 Å². The average Bonchev–Trinajstić information content (AvgIpc) is 2.57. The van der Waals surface area contributed by atoms with E-state index in [1.165, 1.54) is 10.4 Å². The molecule has 0 amide bonds. The van der Waals surface area contributed by atoms with Crippen molar-refractivity contribution in [3.05, 3.63) is 64.9 Å². The first-order valence-corrected chi connectivity index (χ1v) is 9.67. The van der Waals surface area contributed by atoms with E-state index in [0.29, 0.717) is 42.5 Å². The third-order valence-corrected chi connectivity index (χ3v) is 6.32. The lowest BCUT2D eigenvalue weighted by atomic mass is 10.2. The zero-order chi connectivity index (χ0) is 17.2. The number of piperazine rings is 1. The van der Waals surface area contributed by atoms with Crippen molar-refractivity contribution in [1.29, 1.82) is 0 Å². The van der Waals surface area contributed by atoms with Crippen molar-refractivity contribution < 1.29 is 12.8 Å². The number of halogens is 2. The summed E-state index contributed by atoms with van der Waals surface area (Å²) in [7, 11) is -3.45. The zero-order valence-corrected chi connectivity index (χ0v) is 14.6. The van der Waals surface area contributed by atoms with Gasteiger partial charge in [-0.05, 0) is 23.8 Å². The van der Waals surface area contributed by atoms with Gasteiger partial charge in [0.1, 0.15) is 5.82 Å². The largest absolute Gasteiger partial charge is 0.367 e. The molecule has 7 heteroatoms. The first-order chi connectivity index (χ1) is 11.5. The Labute approximate surface area is 146 Å². The van der Waals surface area contributed by atoms with Gasteiger partial charge in [0.05, 0.1) is 11.4 Å². The maximum atomic E-state index is 13.8. The van der Waals surface area contributed by atoms with Crippen molar-refractivity contribution in [3.63, 3.8) is 0 Å². The van der Waals surface area contributed by atoms with E-state index in [2.05, 4.69) is 0 Å². The molecule has 0 atom stereocenters. The molecule has 0 aromatic heterocycles. The number of hydrogen-bond donors (Lipinski definition) is 0. The number of sulfonamides is 1. The van der Waals surface area contributed by atoms with Crippen molar-refractivity contribution in [2.45, 2.75) is 5.75 Å². The van der Waals surface area contributed by atoms with Crippen LogP contribution in [0.5, 0.6) is 0 Å². The topological polar surface area (TPSA) is 40.6 Å². The van der Waals surface area contributed by atoms with Crippen molar-refractivity contribution in [3.8, 4) is 0 Å². The Morgan fingerprint density at radius 1 is 0.958 bits per heavy atom. The van der Waals surface area contributed by atoms with Crippen LogP contribution < -0.4 is 4.90 Å². The molecule has 1 heterocycles. The number of hydrogen-bond acceptors (Lipinski definition) is 3. The van der Waals surface area contributed by atoms with Crippen LogP contribution in [0.15, 0.2) is 48.5 Å². The predicted octanol–water partition coefficient (Wildman–Crippen LogP) is 3.13. The van der Waals surface area contributed by atoms with Crippen LogP contribution in [-0.4, -0.2) is 38.9 Å². The minimum absolute atomic E-state index is 0.119. The standard InChI is InChI=1S/C17H18ClFN2O2S/c18-15-6-2-1-5-14(15)13-24(22,23)21-11-9-20(10-12-21)17-8-4-3-7-16(17)19/h1-8H,9-13H2. The Bertz CT molecular complexity index is 821. The highest BCUT2D eigenvalue weighted by Gasteiger charge is 2.28. The average molecular weight is 369 g/mol. The van der Waals surface area contributed by atoms with Gasteiger partial charge in [0.15, 0.2) is 0 Å². The highest BCUT2D eigenvalue weighted by atomic mass is 35.5. The maximum Gasteiger partial charge on any atom is 0.218 e. The molecule has 0 spiro atoms. The van der Waals surface area contributed by atoms with Crippen molar-refractivity contribution in [1.82, 2.24) is 4.31 Å². The summed E-state index contributed by atoms with van der Waals surface area (Å²) in [6.45, 7) is 1.59. The van der Waals surface area contributed by atoms with Crippen LogP contribution in [0.25, 0.3) is 0 Å². The number of para-hydroxylation sites is 1. The van der Waals surface area contributed by atoms with Crippen LogP contribution in [0.4, 0.5) is 10.1 Å². The Morgan fingerprint density at radius 3 is 2.25 bits per heavy atom. The van der Waals surface area contributed by atoms with Crippen LogP contribution in [0.2, 0.25) is 5.02 Å². The van der Waals surface area contributed by atoms with E-state index < -0.39 is 10.0 Å². The Balaban J connectivity index is 1.68. The molecule has 3 rings (SSSR count). The van der Waals surface area contributed by atoms with Gasteiger partial charge in [-0.1, -0.05) is 41.9 Å². The van der Waals surface area contributed by atoms with E-state index in [1.54, 1.807) is 42.5 Å². The van der Waals surface area contributed by atoms with Gasteiger partial charge < -0.3 is 4.90 Å². The Kier molecular flexibility index (Phi) is 5.08. The third kappa shape index (κ3) is 3.71. The predicted molar refractivity (Wildman–Crippen MR) is 94.3 cm³/mol. The normalized spacial score (nSPS) is 16.3. The summed E-state index contributed by atoms with van der Waals surface area (Å²) >= 11 is 6.06. The Morgan fingerprint density at radius 2 is 1.58 bits per heavy atom. The molecule has 0 N–H and O–H groups in total. The first-order valence-electron chi connectivity index (χ1n) is 7.68. The van der Waals surface area contributed by atoms with Gasteiger partial charge in [0.2, 0.25) is 10.0 Å². The van der Waals surface area contributed by atoms with Crippen LogP contribution in [0.1, 0.15) is 5.56 Å². The van der Waals surface area contributed by atoms with Crippen LogP contribution in [0, 0.1) is 5.82 Å². The molecular weight excluding hydrogens is 351 g/mol.